The van der Waals surface area contributed by atoms with Crippen molar-refractivity contribution in [1.82, 2.24) is 0 Å². The Hall–Kier alpha value is -4.73. The molecule has 10 heteroatoms. The van der Waals surface area contributed by atoms with Gasteiger partial charge in [0, 0.05) is 11.6 Å². The number of esters is 1. The van der Waals surface area contributed by atoms with Crippen LogP contribution in [0.15, 0.2) is 71.4 Å². The molecular weight excluding hydrogens is 471 g/mol. The molecule has 0 saturated carbocycles. The summed E-state index contributed by atoms with van der Waals surface area (Å²) in [7, 11) is 0. The minimum absolute atomic E-state index is 0.0293. The summed E-state index contributed by atoms with van der Waals surface area (Å²) >= 11 is 0. The molecule has 3 aromatic carbocycles. The molecule has 0 atom stereocenters. The fourth-order valence-electron chi connectivity index (χ4n) is 3.36. The molecule has 3 aromatic rings. The van der Waals surface area contributed by atoms with Crippen LogP contribution in [0.4, 0.5) is 10.1 Å². The van der Waals surface area contributed by atoms with Gasteiger partial charge in [-0.25, -0.2) is 14.2 Å². The lowest BCUT2D eigenvalue weighted by molar-refractivity contribution is -0.385. The molecule has 1 heterocycles. The topological polar surface area (TPSA) is 109 Å². The lowest BCUT2D eigenvalue weighted by Crippen LogP contribution is -2.06. The number of benzene rings is 3. The van der Waals surface area contributed by atoms with Gasteiger partial charge in [0.25, 0.3) is 0 Å². The first-order valence-corrected chi connectivity index (χ1v) is 11.0. The summed E-state index contributed by atoms with van der Waals surface area (Å²) in [6, 6.07) is 14.3. The molecule has 4 rings (SSSR count). The van der Waals surface area contributed by atoms with Gasteiger partial charge in [-0.3, -0.25) is 10.1 Å². The van der Waals surface area contributed by atoms with Gasteiger partial charge >= 0.3 is 11.7 Å². The van der Waals surface area contributed by atoms with Crippen molar-refractivity contribution in [2.45, 2.75) is 13.8 Å². The predicted molar refractivity (Wildman–Crippen MR) is 129 cm³/mol. The highest BCUT2D eigenvalue weighted by molar-refractivity contribution is 6.13. The van der Waals surface area contributed by atoms with E-state index < -0.39 is 16.7 Å². The van der Waals surface area contributed by atoms with Gasteiger partial charge in [-0.2, -0.15) is 0 Å². The van der Waals surface area contributed by atoms with Crippen molar-refractivity contribution in [1.29, 1.82) is 0 Å². The second kappa shape index (κ2) is 10.7. The summed E-state index contributed by atoms with van der Waals surface area (Å²) in [6.07, 6.45) is 1.38. The van der Waals surface area contributed by atoms with Gasteiger partial charge < -0.3 is 18.9 Å². The maximum atomic E-state index is 13.1. The molecule has 0 fully saturated rings. The van der Waals surface area contributed by atoms with Crippen LogP contribution in [-0.2, 0) is 9.53 Å². The molecule has 9 nitrogen and oxygen atoms in total. The largest absolute Gasteiger partial charge is 0.490 e. The van der Waals surface area contributed by atoms with E-state index in [4.69, 9.17) is 18.9 Å². The minimum Gasteiger partial charge on any atom is -0.490 e. The van der Waals surface area contributed by atoms with Crippen LogP contribution in [0.3, 0.4) is 0 Å². The Morgan fingerprint density at radius 1 is 0.972 bits per heavy atom. The number of hydrogen-bond donors (Lipinski definition) is 0. The summed E-state index contributed by atoms with van der Waals surface area (Å²) < 4.78 is 35.1. The van der Waals surface area contributed by atoms with Crippen molar-refractivity contribution < 1.29 is 33.1 Å². The molecule has 1 aliphatic rings. The molecule has 0 aliphatic carbocycles. The van der Waals surface area contributed by atoms with Crippen LogP contribution in [0.2, 0.25) is 0 Å². The first-order valence-electron chi connectivity index (χ1n) is 11.0. The van der Waals surface area contributed by atoms with Crippen LogP contribution in [0.25, 0.3) is 6.08 Å². The molecule has 36 heavy (non-hydrogen) atoms. The van der Waals surface area contributed by atoms with Crippen molar-refractivity contribution in [3.8, 4) is 23.0 Å². The molecule has 0 aromatic heterocycles. The predicted octanol–water partition coefficient (Wildman–Crippen LogP) is 5.67. The molecule has 0 N–H and O–H groups in total. The summed E-state index contributed by atoms with van der Waals surface area (Å²) in [5.41, 5.74) is 0.481. The average Bonchev–Trinajstić information content (AvgIpc) is 3.22. The Morgan fingerprint density at radius 3 is 2.36 bits per heavy atom. The van der Waals surface area contributed by atoms with Crippen molar-refractivity contribution in [2.75, 3.05) is 13.2 Å². The first-order chi connectivity index (χ1) is 17.4. The van der Waals surface area contributed by atoms with Crippen LogP contribution in [0.5, 0.6) is 23.0 Å². The number of rotatable bonds is 9. The summed E-state index contributed by atoms with van der Waals surface area (Å²) in [4.78, 5) is 27.7. The highest BCUT2D eigenvalue weighted by Gasteiger charge is 2.26. The second-order valence-corrected chi connectivity index (χ2v) is 7.40. The Balaban J connectivity index is 1.62. The second-order valence-electron chi connectivity index (χ2n) is 7.40. The average molecular weight is 492 g/mol. The zero-order chi connectivity index (χ0) is 25.7. The van der Waals surface area contributed by atoms with E-state index in [9.17, 15) is 19.3 Å². The Morgan fingerprint density at radius 2 is 1.67 bits per heavy atom. The van der Waals surface area contributed by atoms with E-state index in [0.29, 0.717) is 35.8 Å². The normalized spacial score (nSPS) is 13.8. The van der Waals surface area contributed by atoms with Gasteiger partial charge in [0.05, 0.1) is 18.1 Å². The number of carbonyl (C=O) groups is 1. The van der Waals surface area contributed by atoms with Crippen LogP contribution < -0.4 is 14.2 Å². The maximum Gasteiger partial charge on any atom is 0.363 e. The minimum atomic E-state index is -0.703. The molecule has 0 bridgehead atoms. The van der Waals surface area contributed by atoms with Crippen molar-refractivity contribution in [2.24, 2.45) is 4.99 Å². The number of cyclic esters (lactones) is 1. The molecule has 1 aliphatic heterocycles. The zero-order valence-corrected chi connectivity index (χ0v) is 19.4. The van der Waals surface area contributed by atoms with Gasteiger partial charge in [-0.1, -0.05) is 6.07 Å². The number of carbonyl (C=O) groups excluding carboxylic acids is 1. The smallest absolute Gasteiger partial charge is 0.363 e. The Kier molecular flexibility index (Phi) is 7.24. The van der Waals surface area contributed by atoms with Gasteiger partial charge in [0.15, 0.2) is 17.2 Å². The first kappa shape index (κ1) is 24.4. The van der Waals surface area contributed by atoms with Crippen molar-refractivity contribution >= 4 is 23.6 Å². The van der Waals surface area contributed by atoms with E-state index in [2.05, 4.69) is 4.99 Å². The molecule has 0 radical (unpaired) electrons. The van der Waals surface area contributed by atoms with E-state index in [0.717, 1.165) is 0 Å². The number of nitro benzene ring substituents is 1. The van der Waals surface area contributed by atoms with Crippen molar-refractivity contribution in [3.05, 3.63) is 93.4 Å². The number of nitro groups is 1. The van der Waals surface area contributed by atoms with Gasteiger partial charge in [-0.05, 0) is 74.0 Å². The third-order valence-corrected chi connectivity index (χ3v) is 4.94. The standard InChI is InChI=1S/C26H21FN2O7/c1-3-33-23-12-6-17(15-24(23)34-4-2)25-28-20(26(30)36-25)13-16-5-11-22(21(14-16)29(31)32)35-19-9-7-18(27)8-10-19/h5-15H,3-4H2,1-2H3. The number of nitrogens with zero attached hydrogens (tertiary/aromatic N) is 2. The van der Waals surface area contributed by atoms with Crippen LogP contribution >= 0.6 is 0 Å². The number of ether oxygens (including phenoxy) is 4. The zero-order valence-electron chi connectivity index (χ0n) is 19.4. The number of hydrogen-bond acceptors (Lipinski definition) is 8. The summed E-state index contributed by atoms with van der Waals surface area (Å²) in [6.45, 7) is 4.57. The lowest BCUT2D eigenvalue weighted by Gasteiger charge is -2.11. The van der Waals surface area contributed by atoms with Crippen LogP contribution in [-0.4, -0.2) is 30.0 Å². The molecule has 0 saturated heterocycles. The van der Waals surface area contributed by atoms with E-state index >= 15 is 0 Å². The quantitative estimate of drug-likeness (QED) is 0.164. The highest BCUT2D eigenvalue weighted by Crippen LogP contribution is 2.34. The van der Waals surface area contributed by atoms with Crippen LogP contribution in [0.1, 0.15) is 25.0 Å². The molecule has 0 unspecified atom stereocenters. The highest BCUT2D eigenvalue weighted by atomic mass is 19.1. The molecule has 0 spiro atoms. The maximum absolute atomic E-state index is 13.1. The van der Waals surface area contributed by atoms with Crippen molar-refractivity contribution in [3.63, 3.8) is 0 Å². The molecule has 184 valence electrons. The number of aliphatic imine (C=N–C) groups is 1. The van der Waals surface area contributed by atoms with E-state index in [-0.39, 0.29) is 28.8 Å². The van der Waals surface area contributed by atoms with E-state index in [1.807, 2.05) is 13.8 Å². The third-order valence-electron chi connectivity index (χ3n) is 4.94. The molecule has 0 amide bonds. The fraction of sp³-hybridized carbons (Fsp3) is 0.154. The SMILES string of the molecule is CCOc1ccc(C2=NC(=Cc3ccc(Oc4ccc(F)cc4)c([N+](=O)[O-])c3)C(=O)O2)cc1OCC. The lowest BCUT2D eigenvalue weighted by atomic mass is 10.1. The van der Waals surface area contributed by atoms with Gasteiger partial charge in [0.1, 0.15) is 11.6 Å². The summed E-state index contributed by atoms with van der Waals surface area (Å²) in [5.74, 6) is 0.152. The Bertz CT molecular complexity index is 1370. The van der Waals surface area contributed by atoms with Gasteiger partial charge in [0.2, 0.25) is 11.6 Å². The van der Waals surface area contributed by atoms with E-state index in [1.54, 1.807) is 18.2 Å². The van der Waals surface area contributed by atoms with Gasteiger partial charge in [-0.15, -0.1) is 0 Å². The monoisotopic (exact) mass is 492 g/mol. The third kappa shape index (κ3) is 5.49. The van der Waals surface area contributed by atoms with Crippen LogP contribution in [0, 0.1) is 15.9 Å². The molecular formula is C26H21FN2O7. The Labute approximate surface area is 205 Å². The van der Waals surface area contributed by atoms with E-state index in [1.165, 1.54) is 48.5 Å². The summed E-state index contributed by atoms with van der Waals surface area (Å²) in [5, 5.41) is 11.6. The fourth-order valence-corrected chi connectivity index (χ4v) is 3.36. The number of halogens is 1.